The van der Waals surface area contributed by atoms with Crippen LogP contribution in [0.2, 0.25) is 0 Å². The molecule has 0 fully saturated rings. The van der Waals surface area contributed by atoms with Gasteiger partial charge in [-0.2, -0.15) is 0 Å². The molecule has 0 spiro atoms. The number of sulfonamides is 1. The molecule has 4 aromatic carbocycles. The van der Waals surface area contributed by atoms with Crippen LogP contribution in [0.3, 0.4) is 0 Å². The molecular weight excluding hydrogens is 614 g/mol. The maximum atomic E-state index is 14.7. The molecule has 0 aromatic heterocycles. The standard InChI is InChI=1S/C37H43N3O6S/c1-6-28(3)38-37(42)34(24-29-15-8-7-9-16-29)39(25-30-17-11-10-14-27(30)2)36(41)26-40(33-18-12-13-19-35(33)46-5)47(43,44)32-22-20-31(45-4)21-23-32/h7-23,28,34H,6,24-26H2,1-5H3,(H,38,42). The lowest BCUT2D eigenvalue weighted by molar-refractivity contribution is -0.140. The Morgan fingerprint density at radius 3 is 2.11 bits per heavy atom. The summed E-state index contributed by atoms with van der Waals surface area (Å²) in [5.74, 6) is -0.0917. The van der Waals surface area contributed by atoms with Crippen LogP contribution in [0.15, 0.2) is 108 Å². The summed E-state index contributed by atoms with van der Waals surface area (Å²) in [7, 11) is -1.36. The Morgan fingerprint density at radius 2 is 1.47 bits per heavy atom. The summed E-state index contributed by atoms with van der Waals surface area (Å²) in [5, 5.41) is 3.06. The summed E-state index contributed by atoms with van der Waals surface area (Å²) in [6.45, 7) is 5.35. The average Bonchev–Trinajstić information content (AvgIpc) is 3.09. The number of carbonyl (C=O) groups is 2. The summed E-state index contributed by atoms with van der Waals surface area (Å²) in [6.07, 6.45) is 0.942. The maximum absolute atomic E-state index is 14.7. The van der Waals surface area contributed by atoms with E-state index in [4.69, 9.17) is 9.47 Å². The molecule has 0 saturated heterocycles. The van der Waals surface area contributed by atoms with Gasteiger partial charge in [-0.3, -0.25) is 13.9 Å². The van der Waals surface area contributed by atoms with Crippen molar-refractivity contribution in [2.45, 2.75) is 57.1 Å². The Kier molecular flexibility index (Phi) is 12.0. The number of benzene rings is 4. The van der Waals surface area contributed by atoms with E-state index in [1.807, 2.05) is 75.4 Å². The number of nitrogens with zero attached hydrogens (tertiary/aromatic N) is 2. The van der Waals surface area contributed by atoms with Crippen molar-refractivity contribution in [1.29, 1.82) is 0 Å². The summed E-state index contributed by atoms with van der Waals surface area (Å²) in [4.78, 5) is 30.2. The van der Waals surface area contributed by atoms with Gasteiger partial charge in [0.05, 0.1) is 24.8 Å². The Bertz CT molecular complexity index is 1750. The van der Waals surface area contributed by atoms with Crippen molar-refractivity contribution in [2.75, 3.05) is 25.1 Å². The van der Waals surface area contributed by atoms with Crippen molar-refractivity contribution in [1.82, 2.24) is 10.2 Å². The normalized spacial score (nSPS) is 12.4. The van der Waals surface area contributed by atoms with Crippen LogP contribution < -0.4 is 19.1 Å². The van der Waals surface area contributed by atoms with Gasteiger partial charge in [0.15, 0.2) is 0 Å². The molecule has 0 radical (unpaired) electrons. The van der Waals surface area contributed by atoms with Crippen LogP contribution in [0, 0.1) is 6.92 Å². The van der Waals surface area contributed by atoms with Crippen LogP contribution in [-0.2, 0) is 32.6 Å². The van der Waals surface area contributed by atoms with E-state index < -0.39 is 28.5 Å². The highest BCUT2D eigenvalue weighted by atomic mass is 32.2. The second-order valence-corrected chi connectivity index (χ2v) is 13.2. The van der Waals surface area contributed by atoms with Crippen molar-refractivity contribution in [3.05, 3.63) is 120 Å². The SMILES string of the molecule is CCC(C)NC(=O)C(Cc1ccccc1)N(Cc1ccccc1C)C(=O)CN(c1ccccc1OC)S(=O)(=O)c1ccc(OC)cc1. The van der Waals surface area contributed by atoms with Crippen molar-refractivity contribution in [2.24, 2.45) is 0 Å². The van der Waals surface area contributed by atoms with E-state index in [-0.39, 0.29) is 41.2 Å². The van der Waals surface area contributed by atoms with E-state index in [2.05, 4.69) is 5.32 Å². The van der Waals surface area contributed by atoms with Gasteiger partial charge in [-0.1, -0.05) is 73.7 Å². The third-order valence-electron chi connectivity index (χ3n) is 8.15. The summed E-state index contributed by atoms with van der Waals surface area (Å²) < 4.78 is 40.5. The molecule has 9 nitrogen and oxygen atoms in total. The van der Waals surface area contributed by atoms with Gasteiger partial charge in [0.25, 0.3) is 10.0 Å². The van der Waals surface area contributed by atoms with Crippen LogP contribution in [-0.4, -0.2) is 58.0 Å². The molecule has 0 aliphatic carbocycles. The highest BCUT2D eigenvalue weighted by Gasteiger charge is 2.36. The zero-order chi connectivity index (χ0) is 34.0. The molecule has 2 unspecified atom stereocenters. The molecule has 0 aliphatic heterocycles. The molecule has 4 aromatic rings. The smallest absolute Gasteiger partial charge is 0.264 e. The van der Waals surface area contributed by atoms with Crippen LogP contribution in [0.25, 0.3) is 0 Å². The first-order chi connectivity index (χ1) is 22.6. The van der Waals surface area contributed by atoms with Crippen LogP contribution in [0.1, 0.15) is 37.0 Å². The number of nitrogens with one attached hydrogen (secondary N) is 1. The maximum Gasteiger partial charge on any atom is 0.264 e. The fraction of sp³-hybridized carbons (Fsp3) is 0.297. The highest BCUT2D eigenvalue weighted by molar-refractivity contribution is 7.92. The minimum atomic E-state index is -4.30. The number of para-hydroxylation sites is 2. The number of ether oxygens (including phenoxy) is 2. The Balaban J connectivity index is 1.84. The van der Waals surface area contributed by atoms with E-state index in [9.17, 15) is 18.0 Å². The zero-order valence-electron chi connectivity index (χ0n) is 27.6. The number of methoxy groups -OCH3 is 2. The van der Waals surface area contributed by atoms with Gasteiger partial charge in [0, 0.05) is 19.0 Å². The number of rotatable bonds is 15. The lowest BCUT2D eigenvalue weighted by Crippen LogP contribution is -2.54. The number of aryl methyl sites for hydroxylation is 1. The van der Waals surface area contributed by atoms with Crippen LogP contribution in [0.5, 0.6) is 11.5 Å². The van der Waals surface area contributed by atoms with Crippen LogP contribution >= 0.6 is 0 Å². The lowest BCUT2D eigenvalue weighted by Gasteiger charge is -2.35. The highest BCUT2D eigenvalue weighted by Crippen LogP contribution is 2.33. The first kappa shape index (κ1) is 35.0. The van der Waals surface area contributed by atoms with Crippen LogP contribution in [0.4, 0.5) is 5.69 Å². The molecule has 0 bridgehead atoms. The minimum absolute atomic E-state index is 0.0298. The van der Waals surface area contributed by atoms with Crippen molar-refractivity contribution < 1.29 is 27.5 Å². The topological polar surface area (TPSA) is 105 Å². The van der Waals surface area contributed by atoms with E-state index in [1.54, 1.807) is 36.4 Å². The lowest BCUT2D eigenvalue weighted by atomic mass is 10.0. The molecule has 47 heavy (non-hydrogen) atoms. The van der Waals surface area contributed by atoms with E-state index >= 15 is 0 Å². The Labute approximate surface area is 278 Å². The summed E-state index contributed by atoms with van der Waals surface area (Å²) >= 11 is 0. The van der Waals surface area contributed by atoms with Gasteiger partial charge in [-0.25, -0.2) is 8.42 Å². The minimum Gasteiger partial charge on any atom is -0.497 e. The van der Waals surface area contributed by atoms with Crippen molar-refractivity contribution in [3.8, 4) is 11.5 Å². The van der Waals surface area contributed by atoms with Crippen molar-refractivity contribution in [3.63, 3.8) is 0 Å². The van der Waals surface area contributed by atoms with E-state index in [1.165, 1.54) is 31.3 Å². The molecule has 0 saturated carbocycles. The molecule has 248 valence electrons. The summed E-state index contributed by atoms with van der Waals surface area (Å²) in [6, 6.07) is 28.7. The molecule has 4 rings (SSSR count). The van der Waals surface area contributed by atoms with Gasteiger partial charge < -0.3 is 19.7 Å². The van der Waals surface area contributed by atoms with Gasteiger partial charge in [0.1, 0.15) is 24.1 Å². The molecular formula is C37H43N3O6S. The number of hydrogen-bond acceptors (Lipinski definition) is 6. The number of carbonyl (C=O) groups excluding carboxylic acids is 2. The third-order valence-corrected chi connectivity index (χ3v) is 9.93. The largest absolute Gasteiger partial charge is 0.497 e. The van der Waals surface area contributed by atoms with Crippen molar-refractivity contribution >= 4 is 27.5 Å². The fourth-order valence-electron chi connectivity index (χ4n) is 5.19. The Morgan fingerprint density at radius 1 is 0.830 bits per heavy atom. The predicted molar refractivity (Wildman–Crippen MR) is 184 cm³/mol. The molecule has 0 aliphatic rings. The monoisotopic (exact) mass is 657 g/mol. The van der Waals surface area contributed by atoms with Gasteiger partial charge in [-0.15, -0.1) is 0 Å². The average molecular weight is 658 g/mol. The third kappa shape index (κ3) is 8.71. The quantitative estimate of drug-likeness (QED) is 0.174. The molecule has 2 atom stereocenters. The molecule has 1 N–H and O–H groups in total. The molecule has 10 heteroatoms. The molecule has 0 heterocycles. The number of anilines is 1. The fourth-order valence-corrected chi connectivity index (χ4v) is 6.61. The predicted octanol–water partition coefficient (Wildman–Crippen LogP) is 5.76. The number of amides is 2. The number of hydrogen-bond donors (Lipinski definition) is 1. The summed E-state index contributed by atoms with van der Waals surface area (Å²) in [5.41, 5.74) is 2.85. The van der Waals surface area contributed by atoms with Gasteiger partial charge in [-0.05, 0) is 73.4 Å². The first-order valence-electron chi connectivity index (χ1n) is 15.6. The van der Waals surface area contributed by atoms with E-state index in [0.717, 1.165) is 21.0 Å². The first-order valence-corrected chi connectivity index (χ1v) is 17.0. The van der Waals surface area contributed by atoms with Gasteiger partial charge >= 0.3 is 0 Å². The second-order valence-electron chi connectivity index (χ2n) is 11.3. The Hall–Kier alpha value is -4.83. The zero-order valence-corrected chi connectivity index (χ0v) is 28.4. The second kappa shape index (κ2) is 16.1. The van der Waals surface area contributed by atoms with Gasteiger partial charge in [0.2, 0.25) is 11.8 Å². The molecule has 2 amide bonds. The van der Waals surface area contributed by atoms with E-state index in [0.29, 0.717) is 12.2 Å².